The van der Waals surface area contributed by atoms with Gasteiger partial charge in [-0.15, -0.1) is 0 Å². The van der Waals surface area contributed by atoms with E-state index in [1.807, 2.05) is 26.6 Å². The topological polar surface area (TPSA) is 524 Å². The number of halogens is 2. The Bertz CT molecular complexity index is 2030. The number of amides is 7. The Morgan fingerprint density at radius 2 is 0.887 bits per heavy atom. The number of nitrogens with two attached hydrogens (primary N) is 6. The van der Waals surface area contributed by atoms with Gasteiger partial charge in [0.05, 0.1) is 0 Å². The van der Waals surface area contributed by atoms with Crippen LogP contribution in [0.15, 0.2) is 48.5 Å². The smallest absolute Gasteiger partial charge is 0.265 e. The fourth-order valence-corrected chi connectivity index (χ4v) is 5.19. The lowest BCUT2D eigenvalue weighted by molar-refractivity contribution is -0.137. The molecule has 0 heterocycles. The molecule has 7 unspecified atom stereocenters. The maximum Gasteiger partial charge on any atom is 0.265 e. The standard InChI is InChI=1S/C31H45Cl2N21O8/c32-12-7-4-8-13(33)11(12)9-44-26(61)27(62)45-14(10-5-2-1-3-6-10)21(56)47-18(52-29(38)39)23(58)49-20(54-31(42)43)25(60)50-19(53-30(40)41)24(59)48-17(51-28(36)37)22(57)46-15(34)16(35)55/h1-8,14-15,17-20,26,44,61H,9,34H2,(H2,35,55)(H,45,62)(H,46,57)(H,47,56)(H,48,59)(H,49,58)(H,50,60)(H4,36,37,51)(H4,38,39,52)(H4,40,41,53)(H4,42,43,54). The van der Waals surface area contributed by atoms with Gasteiger partial charge in [-0.05, 0) is 17.7 Å². The predicted octanol–water partition coefficient (Wildman–Crippen LogP) is -8.15. The van der Waals surface area contributed by atoms with Crippen LogP contribution in [-0.4, -0.2) is 107 Å². The van der Waals surface area contributed by atoms with Crippen LogP contribution in [0.25, 0.3) is 0 Å². The van der Waals surface area contributed by atoms with E-state index in [1.54, 1.807) is 12.1 Å². The zero-order chi connectivity index (χ0) is 46.8. The van der Waals surface area contributed by atoms with Crippen LogP contribution in [0.1, 0.15) is 17.2 Å². The number of hydrogen-bond acceptors (Lipinski definition) is 14. The Morgan fingerprint density at radius 3 is 1.26 bits per heavy atom. The van der Waals surface area contributed by atoms with Gasteiger partial charge in [0.25, 0.3) is 35.4 Å². The van der Waals surface area contributed by atoms with Crippen LogP contribution in [0.3, 0.4) is 0 Å². The minimum absolute atomic E-state index is 0.133. The Balaban J connectivity index is 2.34. The normalized spacial score (nSPS) is 13.9. The molecule has 2 aromatic carbocycles. The van der Waals surface area contributed by atoms with Gasteiger partial charge in [-0.2, -0.15) is 0 Å². The number of rotatable bonds is 21. The number of nitrogens with one attached hydrogen (secondary N) is 15. The zero-order valence-electron chi connectivity index (χ0n) is 31.9. The molecule has 0 bridgehead atoms. The Kier molecular flexibility index (Phi) is 19.3. The molecule has 62 heavy (non-hydrogen) atoms. The fourth-order valence-electron chi connectivity index (χ4n) is 4.66. The summed E-state index contributed by atoms with van der Waals surface area (Å²) in [7, 11) is 0. The van der Waals surface area contributed by atoms with E-state index in [9.17, 15) is 38.7 Å². The Hall–Kier alpha value is -7.73. The van der Waals surface area contributed by atoms with Gasteiger partial charge in [0.2, 0.25) is 5.91 Å². The van der Waals surface area contributed by atoms with E-state index in [0.717, 1.165) is 0 Å². The Morgan fingerprint density at radius 1 is 0.516 bits per heavy atom. The highest BCUT2D eigenvalue weighted by Crippen LogP contribution is 2.24. The number of aliphatic hydroxyl groups is 1. The lowest BCUT2D eigenvalue weighted by Crippen LogP contribution is -2.69. The third-order valence-electron chi connectivity index (χ3n) is 7.46. The second-order valence-corrected chi connectivity index (χ2v) is 13.0. The van der Waals surface area contributed by atoms with Crippen molar-refractivity contribution in [3.8, 4) is 0 Å². The van der Waals surface area contributed by atoms with E-state index in [1.165, 1.54) is 36.4 Å². The summed E-state index contributed by atoms with van der Waals surface area (Å²) in [5.74, 6) is -12.6. The molecule has 2 rings (SSSR count). The summed E-state index contributed by atoms with van der Waals surface area (Å²) in [5.41, 5.74) is 32.4. The summed E-state index contributed by atoms with van der Waals surface area (Å²) in [6.07, 6.45) is -11.9. The van der Waals surface area contributed by atoms with E-state index in [-0.39, 0.29) is 22.2 Å². The molecule has 28 N–H and O–H groups in total. The number of guanidine groups is 4. The van der Waals surface area contributed by atoms with Crippen molar-refractivity contribution in [2.24, 2.45) is 34.4 Å². The maximum absolute atomic E-state index is 13.8. The van der Waals surface area contributed by atoms with Crippen LogP contribution in [0.4, 0.5) is 0 Å². The third kappa shape index (κ3) is 16.5. The Labute approximate surface area is 360 Å². The highest BCUT2D eigenvalue weighted by Gasteiger charge is 2.34. The first-order valence-corrected chi connectivity index (χ1v) is 17.9. The molecule has 0 fully saturated rings. The monoisotopic (exact) mass is 909 g/mol. The summed E-state index contributed by atoms with van der Waals surface area (Å²) in [6.45, 7) is -0.179. The number of primary amides is 1. The van der Waals surface area contributed by atoms with Crippen LogP contribution < -0.4 is 92.9 Å². The van der Waals surface area contributed by atoms with Gasteiger partial charge < -0.3 is 92.7 Å². The molecule has 2 aromatic rings. The van der Waals surface area contributed by atoms with Crippen LogP contribution in [-0.2, 0) is 40.1 Å². The molecule has 336 valence electrons. The minimum Gasteiger partial charge on any atom is -0.370 e. The van der Waals surface area contributed by atoms with E-state index in [2.05, 4.69) is 31.9 Å². The number of carbonyl (C=O) groups is 7. The van der Waals surface area contributed by atoms with Crippen LogP contribution in [0.5, 0.6) is 0 Å². The van der Waals surface area contributed by atoms with Crippen molar-refractivity contribution < 1.29 is 38.7 Å². The van der Waals surface area contributed by atoms with Crippen molar-refractivity contribution in [1.29, 1.82) is 21.6 Å². The van der Waals surface area contributed by atoms with Crippen molar-refractivity contribution in [2.75, 3.05) is 0 Å². The number of carbonyl (C=O) groups excluding carboxylic acids is 7. The molecule has 0 aliphatic heterocycles. The van der Waals surface area contributed by atoms with Crippen molar-refractivity contribution in [3.63, 3.8) is 0 Å². The summed E-state index contributed by atoms with van der Waals surface area (Å²) in [6, 6.07) is 10.4. The molecule has 0 aliphatic carbocycles. The van der Waals surface area contributed by atoms with Gasteiger partial charge in [0, 0.05) is 22.2 Å². The summed E-state index contributed by atoms with van der Waals surface area (Å²) < 4.78 is 0. The molecule has 0 radical (unpaired) electrons. The van der Waals surface area contributed by atoms with Gasteiger partial charge in [-0.1, -0.05) is 59.6 Å². The van der Waals surface area contributed by atoms with Crippen molar-refractivity contribution >= 4 is 88.4 Å². The average molecular weight is 911 g/mol. The van der Waals surface area contributed by atoms with Gasteiger partial charge in [0.1, 0.15) is 6.04 Å². The molecule has 7 amide bonds. The highest BCUT2D eigenvalue weighted by molar-refractivity contribution is 6.36. The molecule has 0 saturated carbocycles. The maximum atomic E-state index is 13.8. The van der Waals surface area contributed by atoms with E-state index in [0.29, 0.717) is 5.56 Å². The highest BCUT2D eigenvalue weighted by atomic mass is 35.5. The summed E-state index contributed by atoms with van der Waals surface area (Å²) >= 11 is 12.3. The molecule has 0 spiro atoms. The number of aliphatic hydroxyl groups excluding tert-OH is 1. The lowest BCUT2D eigenvalue weighted by Gasteiger charge is -2.28. The van der Waals surface area contributed by atoms with Gasteiger partial charge >= 0.3 is 0 Å². The largest absolute Gasteiger partial charge is 0.370 e. The lowest BCUT2D eigenvalue weighted by atomic mass is 10.1. The third-order valence-corrected chi connectivity index (χ3v) is 8.17. The average Bonchev–Trinajstić information content (AvgIpc) is 3.17. The molecular formula is C31H45Cl2N21O8. The van der Waals surface area contributed by atoms with Gasteiger partial charge in [0.15, 0.2) is 60.9 Å². The van der Waals surface area contributed by atoms with Crippen molar-refractivity contribution in [1.82, 2.24) is 58.5 Å². The van der Waals surface area contributed by atoms with Crippen molar-refractivity contribution in [3.05, 3.63) is 69.7 Å². The minimum atomic E-state index is -2.13. The first-order valence-electron chi connectivity index (χ1n) is 17.2. The fraction of sp³-hybridized carbons (Fsp3) is 0.258. The number of hydrogen-bond donors (Lipinski definition) is 22. The van der Waals surface area contributed by atoms with E-state index in [4.69, 9.17) is 79.2 Å². The van der Waals surface area contributed by atoms with E-state index >= 15 is 0 Å². The molecule has 0 aromatic heterocycles. The SMILES string of the molecule is N=C(N)NC(NC(=O)C(NC(=N)N)NC(=O)C(NC(=N)N)NC(=O)C(NC(=N)N)NC(=O)C(NC(=O)C(O)NCc1c(Cl)cccc1Cl)c1ccccc1)C(=O)NC(N)C(N)=O. The van der Waals surface area contributed by atoms with Gasteiger partial charge in [-0.25, -0.2) is 0 Å². The number of benzene rings is 2. The van der Waals surface area contributed by atoms with Crippen LogP contribution >= 0.6 is 23.2 Å². The van der Waals surface area contributed by atoms with Crippen molar-refractivity contribution in [2.45, 2.75) is 49.6 Å². The second kappa shape index (κ2) is 23.8. The summed E-state index contributed by atoms with van der Waals surface area (Å²) in [5, 5.41) is 64.8. The molecule has 29 nitrogen and oxygen atoms in total. The van der Waals surface area contributed by atoms with Gasteiger partial charge in [-0.3, -0.25) is 60.5 Å². The molecule has 7 atom stereocenters. The first kappa shape index (κ1) is 50.4. The molecule has 31 heteroatoms. The molecule has 0 saturated heterocycles. The zero-order valence-corrected chi connectivity index (χ0v) is 33.4. The predicted molar refractivity (Wildman–Crippen MR) is 220 cm³/mol. The quantitative estimate of drug-likeness (QED) is 0.0314. The summed E-state index contributed by atoms with van der Waals surface area (Å²) in [4.78, 5) is 91.3. The first-order chi connectivity index (χ1) is 29.0. The van der Waals surface area contributed by atoms with Crippen LogP contribution in [0, 0.1) is 21.6 Å². The second-order valence-electron chi connectivity index (χ2n) is 12.2. The van der Waals surface area contributed by atoms with Crippen LogP contribution in [0.2, 0.25) is 10.0 Å². The molecule has 0 aliphatic rings. The molecular weight excluding hydrogens is 865 g/mol. The van der Waals surface area contributed by atoms with E-state index < -0.39 is 108 Å².